The van der Waals surface area contributed by atoms with Gasteiger partial charge in [-0.3, -0.25) is 14.5 Å². The lowest BCUT2D eigenvalue weighted by atomic mass is 9.75. The number of rotatable bonds is 5. The van der Waals surface area contributed by atoms with Gasteiger partial charge in [0.1, 0.15) is 11.6 Å². The van der Waals surface area contributed by atoms with Crippen molar-refractivity contribution in [2.75, 3.05) is 9.80 Å². The Kier molecular flexibility index (Phi) is 5.81. The first kappa shape index (κ1) is 23.6. The summed E-state index contributed by atoms with van der Waals surface area (Å²) in [6.07, 6.45) is -1.72. The average molecular weight is 488 g/mol. The Morgan fingerprint density at radius 2 is 1.94 bits per heavy atom. The zero-order valence-corrected chi connectivity index (χ0v) is 18.8. The molecule has 0 radical (unpaired) electrons. The van der Waals surface area contributed by atoms with Crippen molar-refractivity contribution in [2.24, 2.45) is 0 Å². The van der Waals surface area contributed by atoms with Gasteiger partial charge in [-0.05, 0) is 61.7 Å². The summed E-state index contributed by atoms with van der Waals surface area (Å²) in [5.74, 6) is -2.08. The van der Waals surface area contributed by atoms with E-state index in [9.17, 15) is 27.9 Å². The second kappa shape index (κ2) is 8.36. The van der Waals surface area contributed by atoms with Crippen LogP contribution < -0.4 is 9.80 Å². The van der Waals surface area contributed by atoms with Crippen LogP contribution in [0.1, 0.15) is 55.3 Å². The molecule has 2 heterocycles. The van der Waals surface area contributed by atoms with Crippen molar-refractivity contribution in [1.29, 1.82) is 5.26 Å². The molecule has 2 aliphatic rings. The number of amides is 1. The number of carboxylic acid groups (broad SMARTS) is 1. The molecule has 2 fully saturated rings. The Labute approximate surface area is 198 Å². The van der Waals surface area contributed by atoms with Gasteiger partial charge in [0.2, 0.25) is 0 Å². The van der Waals surface area contributed by atoms with Gasteiger partial charge in [0.05, 0.1) is 23.4 Å². The van der Waals surface area contributed by atoms with Gasteiger partial charge in [-0.25, -0.2) is 4.98 Å². The standard InChI is InChI=1S/C23H19F3N4O3S/c1-2-16(19(31)32)13-4-6-14(7-5-13)30-21(34)29(20(33)22(30)8-3-9-22)15-10-17(23(24,25)26)18(11-27)28-12-15/h4-7,10,12,16H,2-3,8-9H2,1H3,(H,31,32). The lowest BCUT2D eigenvalue weighted by Crippen LogP contribution is -2.55. The summed E-state index contributed by atoms with van der Waals surface area (Å²) >= 11 is 5.56. The monoisotopic (exact) mass is 488 g/mol. The van der Waals surface area contributed by atoms with Gasteiger partial charge in [-0.15, -0.1) is 0 Å². The molecule has 1 aliphatic carbocycles. The molecule has 1 spiro atoms. The third-order valence-electron chi connectivity index (χ3n) is 6.40. The lowest BCUT2D eigenvalue weighted by Gasteiger charge is -2.43. The highest BCUT2D eigenvalue weighted by molar-refractivity contribution is 7.81. The van der Waals surface area contributed by atoms with Crippen LogP contribution in [0.15, 0.2) is 36.5 Å². The van der Waals surface area contributed by atoms with Crippen molar-refractivity contribution in [2.45, 2.75) is 50.2 Å². The van der Waals surface area contributed by atoms with E-state index in [0.717, 1.165) is 17.5 Å². The van der Waals surface area contributed by atoms with Crippen LogP contribution in [-0.2, 0) is 15.8 Å². The first-order chi connectivity index (χ1) is 16.0. The van der Waals surface area contributed by atoms with Crippen LogP contribution in [0.5, 0.6) is 0 Å². The first-order valence-electron chi connectivity index (χ1n) is 10.5. The molecule has 1 unspecified atom stereocenters. The Morgan fingerprint density at radius 1 is 1.29 bits per heavy atom. The van der Waals surface area contributed by atoms with Crippen LogP contribution in [0.4, 0.5) is 24.5 Å². The van der Waals surface area contributed by atoms with E-state index in [2.05, 4.69) is 4.98 Å². The molecule has 34 heavy (non-hydrogen) atoms. The van der Waals surface area contributed by atoms with Crippen molar-refractivity contribution in [3.63, 3.8) is 0 Å². The number of nitrogens with zero attached hydrogens (tertiary/aromatic N) is 4. The van der Waals surface area contributed by atoms with E-state index >= 15 is 0 Å². The SMILES string of the molecule is CCC(C(=O)O)c1ccc(N2C(=S)N(c3cnc(C#N)c(C(F)(F)F)c3)C(=O)C23CCC3)cc1. The number of alkyl halides is 3. The predicted octanol–water partition coefficient (Wildman–Crippen LogP) is 4.61. The summed E-state index contributed by atoms with van der Waals surface area (Å²) < 4.78 is 40.4. The van der Waals surface area contributed by atoms with Crippen molar-refractivity contribution in [3.8, 4) is 6.07 Å². The second-order valence-corrected chi connectivity index (χ2v) is 8.60. The molecule has 1 amide bonds. The van der Waals surface area contributed by atoms with Crippen LogP contribution in [0.2, 0.25) is 0 Å². The number of carboxylic acids is 1. The summed E-state index contributed by atoms with van der Waals surface area (Å²) in [7, 11) is 0. The zero-order chi connectivity index (χ0) is 24.8. The predicted molar refractivity (Wildman–Crippen MR) is 120 cm³/mol. The molecule has 1 aromatic carbocycles. The number of nitriles is 1. The molecule has 1 saturated heterocycles. The van der Waals surface area contributed by atoms with Crippen LogP contribution in [0.3, 0.4) is 0 Å². The number of hydrogen-bond donors (Lipinski definition) is 1. The largest absolute Gasteiger partial charge is 0.481 e. The minimum absolute atomic E-state index is 0.00218. The fourth-order valence-electron chi connectivity index (χ4n) is 4.50. The van der Waals surface area contributed by atoms with E-state index in [0.29, 0.717) is 36.6 Å². The first-order valence-corrected chi connectivity index (χ1v) is 10.9. The van der Waals surface area contributed by atoms with Crippen molar-refractivity contribution < 1.29 is 27.9 Å². The topological polar surface area (TPSA) is 97.5 Å². The quantitative estimate of drug-likeness (QED) is 0.614. The highest BCUT2D eigenvalue weighted by atomic mass is 32.1. The van der Waals surface area contributed by atoms with Crippen LogP contribution >= 0.6 is 12.2 Å². The number of aliphatic carboxylic acids is 1. The van der Waals surface area contributed by atoms with E-state index in [1.165, 1.54) is 6.07 Å². The zero-order valence-electron chi connectivity index (χ0n) is 18.0. The second-order valence-electron chi connectivity index (χ2n) is 8.23. The number of carbonyl (C=O) groups is 2. The summed E-state index contributed by atoms with van der Waals surface area (Å²) in [5.41, 5.74) is -2.08. The summed E-state index contributed by atoms with van der Waals surface area (Å²) in [6.45, 7) is 1.77. The smallest absolute Gasteiger partial charge is 0.419 e. The maximum Gasteiger partial charge on any atom is 0.419 e. The number of hydrogen-bond acceptors (Lipinski definition) is 5. The van der Waals surface area contributed by atoms with Crippen LogP contribution in [0.25, 0.3) is 0 Å². The average Bonchev–Trinajstić information content (AvgIpc) is 3.00. The van der Waals surface area contributed by atoms with E-state index in [4.69, 9.17) is 17.5 Å². The molecule has 176 valence electrons. The Hall–Kier alpha value is -3.52. The number of halogens is 3. The minimum Gasteiger partial charge on any atom is -0.481 e. The number of pyridine rings is 1. The van der Waals surface area contributed by atoms with E-state index in [1.54, 1.807) is 36.1 Å². The number of anilines is 2. The molecule has 1 aromatic heterocycles. The third-order valence-corrected chi connectivity index (χ3v) is 6.76. The Balaban J connectivity index is 1.75. The maximum atomic E-state index is 13.5. The number of carbonyl (C=O) groups excluding carboxylic acids is 1. The van der Waals surface area contributed by atoms with Crippen LogP contribution in [0, 0.1) is 11.3 Å². The van der Waals surface area contributed by atoms with Crippen molar-refractivity contribution >= 4 is 40.6 Å². The Bertz CT molecular complexity index is 1220. The van der Waals surface area contributed by atoms with Gasteiger partial charge in [-0.1, -0.05) is 19.1 Å². The van der Waals surface area contributed by atoms with E-state index in [-0.39, 0.29) is 10.8 Å². The van der Waals surface area contributed by atoms with E-state index in [1.807, 2.05) is 0 Å². The van der Waals surface area contributed by atoms with Gasteiger partial charge < -0.3 is 10.0 Å². The lowest BCUT2D eigenvalue weighted by molar-refractivity contribution is -0.139. The summed E-state index contributed by atoms with van der Waals surface area (Å²) in [5, 5.41) is 18.4. The van der Waals surface area contributed by atoms with Crippen LogP contribution in [-0.4, -0.2) is 32.6 Å². The highest BCUT2D eigenvalue weighted by Gasteiger charge is 2.59. The molecular formula is C23H19F3N4O3S. The molecule has 4 rings (SSSR count). The molecular weight excluding hydrogens is 469 g/mol. The molecule has 2 aromatic rings. The molecule has 7 nitrogen and oxygen atoms in total. The number of benzene rings is 1. The molecule has 1 atom stereocenters. The van der Waals surface area contributed by atoms with Gasteiger partial charge >= 0.3 is 12.1 Å². The molecule has 1 N–H and O–H groups in total. The van der Waals surface area contributed by atoms with Gasteiger partial charge in [-0.2, -0.15) is 18.4 Å². The number of aromatic nitrogens is 1. The van der Waals surface area contributed by atoms with E-state index < -0.39 is 40.8 Å². The minimum atomic E-state index is -4.83. The van der Waals surface area contributed by atoms with Crippen molar-refractivity contribution in [3.05, 3.63) is 53.3 Å². The molecule has 0 bridgehead atoms. The Morgan fingerprint density at radius 3 is 2.41 bits per heavy atom. The van der Waals surface area contributed by atoms with Gasteiger partial charge in [0.25, 0.3) is 5.91 Å². The maximum absolute atomic E-state index is 13.5. The van der Waals surface area contributed by atoms with Gasteiger partial charge in [0, 0.05) is 5.69 Å². The molecule has 1 aliphatic heterocycles. The fraction of sp³-hybridized carbons (Fsp3) is 0.348. The summed E-state index contributed by atoms with van der Waals surface area (Å²) in [4.78, 5) is 31.2. The normalized spacial score (nSPS) is 18.1. The van der Waals surface area contributed by atoms with Crippen molar-refractivity contribution in [1.82, 2.24) is 4.98 Å². The van der Waals surface area contributed by atoms with Gasteiger partial charge in [0.15, 0.2) is 10.8 Å². The molecule has 1 saturated carbocycles. The third kappa shape index (κ3) is 3.58. The highest BCUT2D eigenvalue weighted by Crippen LogP contribution is 2.48. The molecule has 11 heteroatoms. The number of thiocarbonyl (C=S) groups is 1. The summed E-state index contributed by atoms with van der Waals surface area (Å²) in [6, 6.07) is 8.79. The fourth-order valence-corrected chi connectivity index (χ4v) is 4.97.